The first kappa shape index (κ1) is 11.0. The topological polar surface area (TPSA) is 26.3 Å². The number of hydrogen-bond donors (Lipinski definition) is 0. The number of rotatable bonds is 0. The lowest BCUT2D eigenvalue weighted by atomic mass is 10.1. The van der Waals surface area contributed by atoms with Crippen LogP contribution in [-0.4, -0.2) is 0 Å². The van der Waals surface area contributed by atoms with Crippen LogP contribution in [0.1, 0.15) is 5.56 Å². The van der Waals surface area contributed by atoms with E-state index in [1.54, 1.807) is 0 Å². The third kappa shape index (κ3) is 1.32. The summed E-state index contributed by atoms with van der Waals surface area (Å²) in [6.07, 6.45) is 0. The van der Waals surface area contributed by atoms with Crippen LogP contribution in [0.2, 0.25) is 0 Å². The highest BCUT2D eigenvalue weighted by Crippen LogP contribution is 2.39. The zero-order chi connectivity index (χ0) is 14.0. The van der Waals surface area contributed by atoms with Gasteiger partial charge in [-0.3, -0.25) is 0 Å². The summed E-state index contributed by atoms with van der Waals surface area (Å²) in [5.41, 5.74) is 4.80. The summed E-state index contributed by atoms with van der Waals surface area (Å²) in [6, 6.07) is 18.5. The van der Waals surface area contributed by atoms with Crippen molar-refractivity contribution >= 4 is 43.9 Å². The Bertz CT molecular complexity index is 1140. The molecule has 0 amide bonds. The van der Waals surface area contributed by atoms with Crippen LogP contribution in [0, 0.1) is 6.92 Å². The molecular formula is C19H12O2. The van der Waals surface area contributed by atoms with E-state index in [1.807, 2.05) is 24.3 Å². The molecule has 0 bridgehead atoms. The van der Waals surface area contributed by atoms with E-state index in [1.165, 1.54) is 0 Å². The van der Waals surface area contributed by atoms with Crippen molar-refractivity contribution in [2.75, 3.05) is 0 Å². The first-order chi connectivity index (χ1) is 10.3. The molecular weight excluding hydrogens is 260 g/mol. The minimum Gasteiger partial charge on any atom is -0.456 e. The first-order valence-electron chi connectivity index (χ1n) is 7.05. The highest BCUT2D eigenvalue weighted by molar-refractivity contribution is 6.22. The Labute approximate surface area is 120 Å². The van der Waals surface area contributed by atoms with Gasteiger partial charge in [-0.25, -0.2) is 0 Å². The Morgan fingerprint density at radius 1 is 0.619 bits per heavy atom. The molecule has 0 N–H and O–H groups in total. The van der Waals surface area contributed by atoms with Gasteiger partial charge in [0.2, 0.25) is 0 Å². The predicted molar refractivity (Wildman–Crippen MR) is 85.7 cm³/mol. The van der Waals surface area contributed by atoms with Crippen molar-refractivity contribution in [2.45, 2.75) is 6.92 Å². The van der Waals surface area contributed by atoms with Crippen LogP contribution in [0.4, 0.5) is 0 Å². The average Bonchev–Trinajstić information content (AvgIpc) is 3.05. The molecule has 100 valence electrons. The molecule has 0 aliphatic carbocycles. The van der Waals surface area contributed by atoms with E-state index in [2.05, 4.69) is 37.3 Å². The van der Waals surface area contributed by atoms with Gasteiger partial charge in [0.1, 0.15) is 22.3 Å². The summed E-state index contributed by atoms with van der Waals surface area (Å²) >= 11 is 0. The normalized spacial score (nSPS) is 12.0. The van der Waals surface area contributed by atoms with Gasteiger partial charge in [-0.1, -0.05) is 36.4 Å². The largest absolute Gasteiger partial charge is 0.456 e. The third-order valence-corrected chi connectivity index (χ3v) is 4.20. The molecule has 21 heavy (non-hydrogen) atoms. The van der Waals surface area contributed by atoms with Crippen LogP contribution in [0.25, 0.3) is 43.9 Å². The van der Waals surface area contributed by atoms with Gasteiger partial charge >= 0.3 is 0 Å². The summed E-state index contributed by atoms with van der Waals surface area (Å²) in [5.74, 6) is 0. The summed E-state index contributed by atoms with van der Waals surface area (Å²) in [5, 5.41) is 4.48. The lowest BCUT2D eigenvalue weighted by Gasteiger charge is -1.93. The number of furan rings is 2. The van der Waals surface area contributed by atoms with Gasteiger partial charge in [-0.2, -0.15) is 0 Å². The number of aryl methyl sites for hydroxylation is 1. The molecule has 0 saturated heterocycles. The second kappa shape index (κ2) is 3.67. The number of hydrogen-bond acceptors (Lipinski definition) is 2. The molecule has 0 atom stereocenters. The molecule has 0 aliphatic rings. The fourth-order valence-corrected chi connectivity index (χ4v) is 3.21. The lowest BCUT2D eigenvalue weighted by molar-refractivity contribution is 0.661. The van der Waals surface area contributed by atoms with E-state index < -0.39 is 0 Å². The highest BCUT2D eigenvalue weighted by atomic mass is 16.3. The average molecular weight is 272 g/mol. The predicted octanol–water partition coefficient (Wildman–Crippen LogP) is 5.79. The van der Waals surface area contributed by atoms with Crippen molar-refractivity contribution in [1.29, 1.82) is 0 Å². The van der Waals surface area contributed by atoms with E-state index >= 15 is 0 Å². The van der Waals surface area contributed by atoms with E-state index in [0.29, 0.717) is 0 Å². The van der Waals surface area contributed by atoms with E-state index in [9.17, 15) is 0 Å². The molecule has 0 fully saturated rings. The maximum Gasteiger partial charge on any atom is 0.147 e. The molecule has 2 heterocycles. The van der Waals surface area contributed by atoms with Gasteiger partial charge in [0.25, 0.3) is 0 Å². The Morgan fingerprint density at radius 3 is 2.38 bits per heavy atom. The van der Waals surface area contributed by atoms with Crippen molar-refractivity contribution in [3.05, 3.63) is 60.2 Å². The zero-order valence-electron chi connectivity index (χ0n) is 11.5. The Hall–Kier alpha value is -2.74. The second-order valence-corrected chi connectivity index (χ2v) is 5.47. The van der Waals surface area contributed by atoms with E-state index in [0.717, 1.165) is 49.4 Å². The number of benzene rings is 3. The molecule has 0 spiro atoms. The molecule has 5 aromatic rings. The summed E-state index contributed by atoms with van der Waals surface area (Å²) in [7, 11) is 0. The molecule has 0 radical (unpaired) electrons. The highest BCUT2D eigenvalue weighted by Gasteiger charge is 2.16. The summed E-state index contributed by atoms with van der Waals surface area (Å²) in [6.45, 7) is 2.07. The van der Waals surface area contributed by atoms with E-state index in [4.69, 9.17) is 8.83 Å². The maximum absolute atomic E-state index is 6.11. The molecule has 0 unspecified atom stereocenters. The smallest absolute Gasteiger partial charge is 0.147 e. The van der Waals surface area contributed by atoms with Crippen LogP contribution in [0.3, 0.4) is 0 Å². The molecule has 0 saturated carbocycles. The van der Waals surface area contributed by atoms with Crippen LogP contribution in [0.5, 0.6) is 0 Å². The molecule has 3 aromatic carbocycles. The van der Waals surface area contributed by atoms with Crippen LogP contribution in [-0.2, 0) is 0 Å². The van der Waals surface area contributed by atoms with Crippen molar-refractivity contribution in [3.63, 3.8) is 0 Å². The van der Waals surface area contributed by atoms with Crippen molar-refractivity contribution in [2.24, 2.45) is 0 Å². The van der Waals surface area contributed by atoms with Crippen molar-refractivity contribution in [1.82, 2.24) is 0 Å². The Balaban J connectivity index is 2.13. The number of para-hydroxylation sites is 2. The molecule has 5 rings (SSSR count). The van der Waals surface area contributed by atoms with Crippen LogP contribution < -0.4 is 0 Å². The monoisotopic (exact) mass is 272 g/mol. The van der Waals surface area contributed by atoms with Crippen molar-refractivity contribution in [3.8, 4) is 0 Å². The third-order valence-electron chi connectivity index (χ3n) is 4.20. The lowest BCUT2D eigenvalue weighted by Crippen LogP contribution is -1.72. The Kier molecular flexibility index (Phi) is 1.92. The van der Waals surface area contributed by atoms with Crippen LogP contribution >= 0.6 is 0 Å². The maximum atomic E-state index is 6.11. The van der Waals surface area contributed by atoms with E-state index in [-0.39, 0.29) is 0 Å². The van der Waals surface area contributed by atoms with Crippen LogP contribution in [0.15, 0.2) is 63.4 Å². The zero-order valence-corrected chi connectivity index (χ0v) is 11.5. The molecule has 2 aromatic heterocycles. The summed E-state index contributed by atoms with van der Waals surface area (Å²) < 4.78 is 12.1. The molecule has 2 heteroatoms. The van der Waals surface area contributed by atoms with Gasteiger partial charge < -0.3 is 8.83 Å². The second-order valence-electron chi connectivity index (χ2n) is 5.47. The quantitative estimate of drug-likeness (QED) is 0.356. The Morgan fingerprint density at radius 2 is 1.43 bits per heavy atom. The first-order valence-corrected chi connectivity index (χ1v) is 7.05. The van der Waals surface area contributed by atoms with Gasteiger partial charge in [-0.15, -0.1) is 0 Å². The van der Waals surface area contributed by atoms with Gasteiger partial charge in [0, 0.05) is 16.2 Å². The minimum absolute atomic E-state index is 0.880. The SMILES string of the molecule is Cc1cccc2c1oc1ccc3c4ccccc4oc3c12. The molecule has 2 nitrogen and oxygen atoms in total. The molecule has 0 aliphatic heterocycles. The van der Waals surface area contributed by atoms with Gasteiger partial charge in [-0.05, 0) is 30.7 Å². The van der Waals surface area contributed by atoms with Gasteiger partial charge in [0.15, 0.2) is 0 Å². The van der Waals surface area contributed by atoms with Gasteiger partial charge in [0.05, 0.1) is 5.39 Å². The summed E-state index contributed by atoms with van der Waals surface area (Å²) in [4.78, 5) is 0. The minimum atomic E-state index is 0.880. The fraction of sp³-hybridized carbons (Fsp3) is 0.0526. The number of fused-ring (bicyclic) bond motifs is 7. The standard InChI is InChI=1S/C19H12O2/c1-11-5-4-7-14-17-16(21-18(11)14)10-9-13-12-6-2-3-8-15(12)20-19(13)17/h2-10H,1H3. The fourth-order valence-electron chi connectivity index (χ4n) is 3.21. The van der Waals surface area contributed by atoms with Crippen molar-refractivity contribution < 1.29 is 8.83 Å².